The molecule has 3 nitrogen and oxygen atoms in total. The van der Waals surface area contributed by atoms with Crippen LogP contribution in [0.5, 0.6) is 0 Å². The fraction of sp³-hybridized carbons (Fsp3) is 0.417. The molecule has 1 unspecified atom stereocenters. The van der Waals surface area contributed by atoms with E-state index in [1.807, 2.05) is 13.8 Å². The first-order valence-electron chi connectivity index (χ1n) is 5.13. The van der Waals surface area contributed by atoms with Crippen LogP contribution in [-0.2, 0) is 4.79 Å². The van der Waals surface area contributed by atoms with Gasteiger partial charge < -0.3 is 10.4 Å². The van der Waals surface area contributed by atoms with Crippen LogP contribution in [0, 0.1) is 5.92 Å². The highest BCUT2D eigenvalue weighted by atomic mass is 35.5. The van der Waals surface area contributed by atoms with Gasteiger partial charge in [0.05, 0.1) is 0 Å². The Kier molecular flexibility index (Phi) is 3.81. The minimum absolute atomic E-state index is 0.0380. The quantitative estimate of drug-likeness (QED) is 0.851. The van der Waals surface area contributed by atoms with Gasteiger partial charge >= 0.3 is 5.97 Å². The number of carbonyl (C=O) groups is 1. The molecule has 0 saturated heterocycles. The van der Waals surface area contributed by atoms with E-state index in [9.17, 15) is 9.90 Å². The number of carboxylic acids is 1. The van der Waals surface area contributed by atoms with Crippen LogP contribution in [-0.4, -0.2) is 16.6 Å². The summed E-state index contributed by atoms with van der Waals surface area (Å²) in [6.45, 7) is 5.40. The predicted octanol–water partition coefficient (Wildman–Crippen LogP) is 3.25. The van der Waals surface area contributed by atoms with Crippen molar-refractivity contribution in [1.29, 1.82) is 0 Å². The summed E-state index contributed by atoms with van der Waals surface area (Å²) in [5.41, 5.74) is -0.281. The monoisotopic (exact) mass is 241 g/mol. The highest BCUT2D eigenvalue weighted by Crippen LogP contribution is 2.24. The van der Waals surface area contributed by atoms with Crippen LogP contribution in [0.2, 0.25) is 5.02 Å². The van der Waals surface area contributed by atoms with Gasteiger partial charge in [0.25, 0.3) is 0 Å². The van der Waals surface area contributed by atoms with Gasteiger partial charge in [-0.1, -0.05) is 31.5 Å². The van der Waals surface area contributed by atoms with Crippen molar-refractivity contribution in [2.45, 2.75) is 26.3 Å². The zero-order valence-corrected chi connectivity index (χ0v) is 10.4. The standard InChI is InChI=1S/C12H16ClNO2/c1-8(2)12(3,11(15)16)14-10-6-4-5-9(13)7-10/h4-8,14H,1-3H3,(H,15,16). The molecule has 0 aliphatic carbocycles. The Morgan fingerprint density at radius 1 is 1.50 bits per heavy atom. The summed E-state index contributed by atoms with van der Waals surface area (Å²) in [7, 11) is 0. The van der Waals surface area contributed by atoms with Crippen LogP contribution in [0.15, 0.2) is 24.3 Å². The van der Waals surface area contributed by atoms with Gasteiger partial charge in [-0.2, -0.15) is 0 Å². The third-order valence-corrected chi connectivity index (χ3v) is 3.06. The SMILES string of the molecule is CC(C)C(C)(Nc1cccc(Cl)c1)C(=O)O. The Labute approximate surface area is 100 Å². The molecule has 0 radical (unpaired) electrons. The minimum Gasteiger partial charge on any atom is -0.480 e. The number of nitrogens with one attached hydrogen (secondary N) is 1. The van der Waals surface area contributed by atoms with E-state index in [0.29, 0.717) is 10.7 Å². The summed E-state index contributed by atoms with van der Waals surface area (Å²) in [6, 6.07) is 7.05. The van der Waals surface area contributed by atoms with Crippen molar-refractivity contribution >= 4 is 23.3 Å². The third-order valence-electron chi connectivity index (χ3n) is 2.83. The highest BCUT2D eigenvalue weighted by Gasteiger charge is 2.36. The van der Waals surface area contributed by atoms with Crippen LogP contribution in [0.1, 0.15) is 20.8 Å². The second-order valence-electron chi connectivity index (χ2n) is 4.30. The average molecular weight is 242 g/mol. The van der Waals surface area contributed by atoms with Gasteiger partial charge in [-0.3, -0.25) is 0 Å². The van der Waals surface area contributed by atoms with Gasteiger partial charge in [-0.15, -0.1) is 0 Å². The summed E-state index contributed by atoms with van der Waals surface area (Å²) in [4.78, 5) is 11.3. The van der Waals surface area contributed by atoms with Crippen LogP contribution in [0.4, 0.5) is 5.69 Å². The lowest BCUT2D eigenvalue weighted by atomic mass is 9.88. The first kappa shape index (κ1) is 12.8. The number of anilines is 1. The van der Waals surface area contributed by atoms with Gasteiger partial charge in [-0.05, 0) is 31.0 Å². The molecular formula is C12H16ClNO2. The lowest BCUT2D eigenvalue weighted by molar-refractivity contribution is -0.143. The number of benzene rings is 1. The molecule has 0 saturated carbocycles. The maximum absolute atomic E-state index is 11.3. The molecule has 0 aromatic heterocycles. The average Bonchev–Trinajstić information content (AvgIpc) is 2.16. The lowest BCUT2D eigenvalue weighted by Crippen LogP contribution is -2.48. The second-order valence-corrected chi connectivity index (χ2v) is 4.73. The Morgan fingerprint density at radius 2 is 2.12 bits per heavy atom. The van der Waals surface area contributed by atoms with E-state index < -0.39 is 11.5 Å². The van der Waals surface area contributed by atoms with Crippen LogP contribution >= 0.6 is 11.6 Å². The normalized spacial score (nSPS) is 14.6. The van der Waals surface area contributed by atoms with E-state index >= 15 is 0 Å². The number of aliphatic carboxylic acids is 1. The molecule has 0 aliphatic heterocycles. The molecule has 2 N–H and O–H groups in total. The molecule has 0 heterocycles. The molecule has 1 rings (SSSR count). The molecule has 0 aliphatic rings. The summed E-state index contributed by atoms with van der Waals surface area (Å²) in [6.07, 6.45) is 0. The molecule has 1 atom stereocenters. The van der Waals surface area contributed by atoms with Gasteiger partial charge in [-0.25, -0.2) is 4.79 Å². The van der Waals surface area contributed by atoms with E-state index in [4.69, 9.17) is 11.6 Å². The number of carboxylic acid groups (broad SMARTS) is 1. The molecule has 4 heteroatoms. The largest absolute Gasteiger partial charge is 0.480 e. The number of rotatable bonds is 4. The third kappa shape index (κ3) is 2.67. The summed E-state index contributed by atoms with van der Waals surface area (Å²) in [5.74, 6) is -0.911. The maximum Gasteiger partial charge on any atom is 0.329 e. The molecule has 1 aromatic carbocycles. The Morgan fingerprint density at radius 3 is 2.56 bits per heavy atom. The molecule has 0 bridgehead atoms. The zero-order chi connectivity index (χ0) is 12.3. The van der Waals surface area contributed by atoms with Crippen LogP contribution in [0.3, 0.4) is 0 Å². The van der Waals surface area contributed by atoms with Crippen molar-refractivity contribution in [3.63, 3.8) is 0 Å². The summed E-state index contributed by atoms with van der Waals surface area (Å²) >= 11 is 5.85. The number of halogens is 1. The fourth-order valence-corrected chi connectivity index (χ4v) is 1.50. The van der Waals surface area contributed by atoms with Gasteiger partial charge in [0.15, 0.2) is 0 Å². The number of hydrogen-bond donors (Lipinski definition) is 2. The fourth-order valence-electron chi connectivity index (χ4n) is 1.31. The maximum atomic E-state index is 11.3. The highest BCUT2D eigenvalue weighted by molar-refractivity contribution is 6.30. The van der Waals surface area contributed by atoms with Crippen molar-refractivity contribution in [3.8, 4) is 0 Å². The first-order chi connectivity index (χ1) is 7.36. The Bertz CT molecular complexity index is 392. The van der Waals surface area contributed by atoms with E-state index in [1.54, 1.807) is 31.2 Å². The molecular weight excluding hydrogens is 226 g/mol. The van der Waals surface area contributed by atoms with Crippen molar-refractivity contribution < 1.29 is 9.90 Å². The molecule has 88 valence electrons. The first-order valence-corrected chi connectivity index (χ1v) is 5.51. The Hall–Kier alpha value is -1.22. The smallest absolute Gasteiger partial charge is 0.329 e. The van der Waals surface area contributed by atoms with Crippen molar-refractivity contribution in [1.82, 2.24) is 0 Å². The summed E-state index contributed by atoms with van der Waals surface area (Å²) < 4.78 is 0. The van der Waals surface area contributed by atoms with Gasteiger partial charge in [0.1, 0.15) is 5.54 Å². The van der Waals surface area contributed by atoms with E-state index in [-0.39, 0.29) is 5.92 Å². The second kappa shape index (κ2) is 4.74. The molecule has 16 heavy (non-hydrogen) atoms. The van der Waals surface area contributed by atoms with E-state index in [2.05, 4.69) is 5.32 Å². The van der Waals surface area contributed by atoms with E-state index in [1.165, 1.54) is 0 Å². The molecule has 0 spiro atoms. The predicted molar refractivity (Wildman–Crippen MR) is 66.0 cm³/mol. The van der Waals surface area contributed by atoms with Gasteiger partial charge in [0, 0.05) is 10.7 Å². The minimum atomic E-state index is -0.995. The van der Waals surface area contributed by atoms with Crippen molar-refractivity contribution in [3.05, 3.63) is 29.3 Å². The zero-order valence-electron chi connectivity index (χ0n) is 9.62. The molecule has 1 aromatic rings. The van der Waals surface area contributed by atoms with Crippen molar-refractivity contribution in [2.24, 2.45) is 5.92 Å². The summed E-state index contributed by atoms with van der Waals surface area (Å²) in [5, 5.41) is 12.8. The van der Waals surface area contributed by atoms with Crippen LogP contribution < -0.4 is 5.32 Å². The topological polar surface area (TPSA) is 49.3 Å². The lowest BCUT2D eigenvalue weighted by Gasteiger charge is -2.31. The van der Waals surface area contributed by atoms with E-state index in [0.717, 1.165) is 0 Å². The molecule has 0 fully saturated rings. The van der Waals surface area contributed by atoms with Gasteiger partial charge in [0.2, 0.25) is 0 Å². The van der Waals surface area contributed by atoms with Crippen molar-refractivity contribution in [2.75, 3.05) is 5.32 Å². The van der Waals surface area contributed by atoms with Crippen LogP contribution in [0.25, 0.3) is 0 Å². The molecule has 0 amide bonds. The Balaban J connectivity index is 2.97. The number of hydrogen-bond acceptors (Lipinski definition) is 2.